The lowest BCUT2D eigenvalue weighted by Crippen LogP contribution is -2.44. The zero-order valence-corrected chi connectivity index (χ0v) is 12.3. The molecule has 1 fully saturated rings. The highest BCUT2D eigenvalue weighted by molar-refractivity contribution is 7.89. The fourth-order valence-electron chi connectivity index (χ4n) is 2.01. The molecule has 1 aliphatic rings. The van der Waals surface area contributed by atoms with E-state index < -0.39 is 10.0 Å². The number of nitrogens with one attached hydrogen (secondary N) is 1. The quantitative estimate of drug-likeness (QED) is 0.876. The summed E-state index contributed by atoms with van der Waals surface area (Å²) in [4.78, 5) is 12.9. The molecule has 1 aliphatic heterocycles. The summed E-state index contributed by atoms with van der Waals surface area (Å²) in [6.45, 7) is 0.959. The topological polar surface area (TPSA) is 66.5 Å². The maximum Gasteiger partial charge on any atom is 0.235 e. The van der Waals surface area contributed by atoms with Gasteiger partial charge in [-0.05, 0) is 30.7 Å². The second-order valence-electron chi connectivity index (χ2n) is 4.54. The lowest BCUT2D eigenvalue weighted by molar-refractivity contribution is -0.121. The van der Waals surface area contributed by atoms with E-state index in [4.69, 9.17) is 0 Å². The monoisotopic (exact) mass is 302 g/mol. The molecule has 1 saturated heterocycles. The van der Waals surface area contributed by atoms with Crippen molar-refractivity contribution in [3.05, 3.63) is 22.4 Å². The minimum absolute atomic E-state index is 0.0488. The summed E-state index contributed by atoms with van der Waals surface area (Å²) in [5.74, 6) is -0.0582. The van der Waals surface area contributed by atoms with E-state index in [-0.39, 0.29) is 18.2 Å². The van der Waals surface area contributed by atoms with Gasteiger partial charge in [-0.15, -0.1) is 11.3 Å². The van der Waals surface area contributed by atoms with Gasteiger partial charge in [0, 0.05) is 18.0 Å². The Morgan fingerprint density at radius 3 is 2.95 bits per heavy atom. The summed E-state index contributed by atoms with van der Waals surface area (Å²) in [6.07, 6.45) is 2.32. The molecule has 2 rings (SSSR count). The first-order valence-electron chi connectivity index (χ1n) is 6.35. The Morgan fingerprint density at radius 1 is 1.42 bits per heavy atom. The molecule has 1 aromatic heterocycles. The molecule has 1 aromatic rings. The van der Waals surface area contributed by atoms with Crippen LogP contribution in [0.4, 0.5) is 0 Å². The first kappa shape index (κ1) is 14.5. The summed E-state index contributed by atoms with van der Waals surface area (Å²) >= 11 is 1.65. The summed E-state index contributed by atoms with van der Waals surface area (Å²) < 4.78 is 24.7. The maximum atomic E-state index is 11.7. The van der Waals surface area contributed by atoms with Crippen LogP contribution in [0.3, 0.4) is 0 Å². The van der Waals surface area contributed by atoms with Gasteiger partial charge in [-0.2, -0.15) is 4.31 Å². The number of carbonyl (C=O) groups excluding carboxylic acids is 1. The molecule has 1 amide bonds. The second kappa shape index (κ2) is 6.49. The van der Waals surface area contributed by atoms with Crippen molar-refractivity contribution in [1.82, 2.24) is 9.62 Å². The highest BCUT2D eigenvalue weighted by atomic mass is 32.2. The molecule has 0 atom stereocenters. The first-order chi connectivity index (χ1) is 9.08. The van der Waals surface area contributed by atoms with Crippen LogP contribution in [0.5, 0.6) is 0 Å². The summed E-state index contributed by atoms with van der Waals surface area (Å²) in [6, 6.07) is 3.99. The van der Waals surface area contributed by atoms with Gasteiger partial charge >= 0.3 is 0 Å². The third kappa shape index (κ3) is 4.29. The van der Waals surface area contributed by atoms with Crippen LogP contribution in [-0.2, 0) is 21.2 Å². The van der Waals surface area contributed by atoms with E-state index >= 15 is 0 Å². The smallest absolute Gasteiger partial charge is 0.235 e. The molecule has 0 unspecified atom stereocenters. The third-order valence-corrected chi connectivity index (χ3v) is 5.89. The molecule has 0 bridgehead atoms. The number of hydrogen-bond donors (Lipinski definition) is 1. The van der Waals surface area contributed by atoms with Gasteiger partial charge in [-0.3, -0.25) is 4.79 Å². The van der Waals surface area contributed by atoms with Gasteiger partial charge in [0.15, 0.2) is 0 Å². The molecule has 0 saturated carbocycles. The lowest BCUT2D eigenvalue weighted by atomic mass is 10.3. The van der Waals surface area contributed by atoms with Crippen LogP contribution in [0, 0.1) is 0 Å². The van der Waals surface area contributed by atoms with E-state index in [1.807, 2.05) is 17.5 Å². The fourth-order valence-corrected chi connectivity index (χ4v) is 4.27. The minimum atomic E-state index is -3.21. The Morgan fingerprint density at radius 2 is 2.26 bits per heavy atom. The lowest BCUT2D eigenvalue weighted by Gasteiger charge is -2.25. The number of amides is 1. The number of rotatable bonds is 5. The largest absolute Gasteiger partial charge is 0.355 e. The van der Waals surface area contributed by atoms with Crippen molar-refractivity contribution in [2.75, 3.05) is 25.4 Å². The molecular weight excluding hydrogens is 284 g/mol. The van der Waals surface area contributed by atoms with E-state index in [2.05, 4.69) is 5.32 Å². The van der Waals surface area contributed by atoms with Crippen LogP contribution in [0.2, 0.25) is 0 Å². The van der Waals surface area contributed by atoms with Crippen LogP contribution in [0.1, 0.15) is 17.7 Å². The predicted octanol–water partition coefficient (Wildman–Crippen LogP) is 0.832. The third-order valence-electron chi connectivity index (χ3n) is 3.05. The van der Waals surface area contributed by atoms with Gasteiger partial charge in [0.25, 0.3) is 0 Å². The number of hydrogen-bond acceptors (Lipinski definition) is 4. The van der Waals surface area contributed by atoms with E-state index in [0.29, 0.717) is 19.5 Å². The molecule has 19 heavy (non-hydrogen) atoms. The molecule has 0 aliphatic carbocycles. The number of sulfonamides is 1. The standard InChI is InChI=1S/C12H18N2O3S2/c15-12(13-6-5-11-4-3-8-18-11)10-14-7-1-2-9-19(14,16)17/h3-4,8H,1-2,5-7,9-10H2,(H,13,15). The highest BCUT2D eigenvalue weighted by Gasteiger charge is 2.27. The zero-order valence-electron chi connectivity index (χ0n) is 10.7. The molecule has 7 heteroatoms. The van der Waals surface area contributed by atoms with Crippen LogP contribution in [0.15, 0.2) is 17.5 Å². The fraction of sp³-hybridized carbons (Fsp3) is 0.583. The molecule has 2 heterocycles. The summed E-state index contributed by atoms with van der Waals surface area (Å²) in [5.41, 5.74) is 0. The van der Waals surface area contributed by atoms with Crippen LogP contribution in [-0.4, -0.2) is 44.0 Å². The SMILES string of the molecule is O=C(CN1CCCCS1(=O)=O)NCCc1cccs1. The van der Waals surface area contributed by atoms with Crippen LogP contribution < -0.4 is 5.32 Å². The second-order valence-corrected chi connectivity index (χ2v) is 7.66. The van der Waals surface area contributed by atoms with Gasteiger partial charge in [-0.1, -0.05) is 6.07 Å². The van der Waals surface area contributed by atoms with E-state index in [9.17, 15) is 13.2 Å². The average molecular weight is 302 g/mol. The van der Waals surface area contributed by atoms with Gasteiger partial charge in [0.05, 0.1) is 12.3 Å². The van der Waals surface area contributed by atoms with Gasteiger partial charge < -0.3 is 5.32 Å². The van der Waals surface area contributed by atoms with Gasteiger partial charge in [0.1, 0.15) is 0 Å². The van der Waals surface area contributed by atoms with Crippen LogP contribution >= 0.6 is 11.3 Å². The number of carbonyl (C=O) groups is 1. The Hall–Kier alpha value is -0.920. The molecule has 1 N–H and O–H groups in total. The molecular formula is C12H18N2O3S2. The molecule has 5 nitrogen and oxygen atoms in total. The summed E-state index contributed by atoms with van der Waals surface area (Å²) in [7, 11) is -3.21. The number of nitrogens with zero attached hydrogens (tertiary/aromatic N) is 1. The van der Waals surface area contributed by atoms with Crippen molar-refractivity contribution in [1.29, 1.82) is 0 Å². The normalized spacial score (nSPS) is 19.2. The van der Waals surface area contributed by atoms with Gasteiger partial charge in [0.2, 0.25) is 15.9 Å². The minimum Gasteiger partial charge on any atom is -0.355 e. The first-order valence-corrected chi connectivity index (χ1v) is 8.84. The van der Waals surface area contributed by atoms with E-state index in [1.165, 1.54) is 9.18 Å². The van der Waals surface area contributed by atoms with E-state index in [0.717, 1.165) is 12.8 Å². The van der Waals surface area contributed by atoms with Crippen LogP contribution in [0.25, 0.3) is 0 Å². The van der Waals surface area contributed by atoms with Crippen molar-refractivity contribution in [2.24, 2.45) is 0 Å². The zero-order chi connectivity index (χ0) is 13.7. The van der Waals surface area contributed by atoms with Crippen molar-refractivity contribution in [3.8, 4) is 0 Å². The van der Waals surface area contributed by atoms with Crippen molar-refractivity contribution in [3.63, 3.8) is 0 Å². The van der Waals surface area contributed by atoms with Crippen molar-refractivity contribution >= 4 is 27.3 Å². The molecule has 106 valence electrons. The average Bonchev–Trinajstić information content (AvgIpc) is 2.85. The molecule has 0 aromatic carbocycles. The Kier molecular flexibility index (Phi) is 4.95. The van der Waals surface area contributed by atoms with Crippen molar-refractivity contribution < 1.29 is 13.2 Å². The summed E-state index contributed by atoms with van der Waals surface area (Å²) in [5, 5.41) is 4.77. The predicted molar refractivity (Wildman–Crippen MR) is 75.6 cm³/mol. The van der Waals surface area contributed by atoms with E-state index in [1.54, 1.807) is 11.3 Å². The van der Waals surface area contributed by atoms with Gasteiger partial charge in [-0.25, -0.2) is 8.42 Å². The Bertz CT molecular complexity index is 511. The molecule has 0 radical (unpaired) electrons. The number of thiophene rings is 1. The maximum absolute atomic E-state index is 11.7. The Labute approximate surface area is 117 Å². The Balaban J connectivity index is 1.74. The molecule has 0 spiro atoms. The van der Waals surface area contributed by atoms with Crippen molar-refractivity contribution in [2.45, 2.75) is 19.3 Å². The highest BCUT2D eigenvalue weighted by Crippen LogP contribution is 2.12.